The molecule has 7 rings (SSSR count). The molecule has 0 atom stereocenters. The molecular weight excluding hydrogens is 472 g/mol. The van der Waals surface area contributed by atoms with Crippen LogP contribution in [-0.4, -0.2) is 12.0 Å². The van der Waals surface area contributed by atoms with Gasteiger partial charge in [0.15, 0.2) is 0 Å². The van der Waals surface area contributed by atoms with Crippen LogP contribution in [0, 0.1) is 0 Å². The van der Waals surface area contributed by atoms with Crippen molar-refractivity contribution in [3.05, 3.63) is 174 Å². The summed E-state index contributed by atoms with van der Waals surface area (Å²) in [6.45, 7) is 0. The Balaban J connectivity index is 1.39. The van der Waals surface area contributed by atoms with Crippen LogP contribution < -0.4 is 4.90 Å². The Bertz CT molecular complexity index is 1700. The molecular formula is C37H28N2. The molecule has 0 saturated heterocycles. The Morgan fingerprint density at radius 2 is 1.10 bits per heavy atom. The van der Waals surface area contributed by atoms with Crippen molar-refractivity contribution in [1.82, 2.24) is 4.98 Å². The Hall–Kier alpha value is -4.95. The second-order valence-corrected chi connectivity index (χ2v) is 10.1. The smallest absolute Gasteiger partial charge is 0.0714 e. The molecule has 1 aromatic heterocycles. The summed E-state index contributed by atoms with van der Waals surface area (Å²) in [4.78, 5) is 6.77. The number of aromatic nitrogens is 1. The van der Waals surface area contributed by atoms with Crippen LogP contribution >= 0.6 is 0 Å². The summed E-state index contributed by atoms with van der Waals surface area (Å²) in [5.41, 5.74) is 11.8. The normalized spacial score (nSPS) is 12.9. The van der Waals surface area contributed by atoms with E-state index >= 15 is 0 Å². The van der Waals surface area contributed by atoms with E-state index in [1.807, 2.05) is 24.4 Å². The molecule has 0 aliphatic heterocycles. The summed E-state index contributed by atoms with van der Waals surface area (Å²) < 4.78 is 0. The molecule has 1 aliphatic carbocycles. The number of hydrogen-bond donors (Lipinski definition) is 0. The molecule has 0 amide bonds. The Kier molecular flexibility index (Phi) is 5.60. The van der Waals surface area contributed by atoms with E-state index in [0.29, 0.717) is 0 Å². The highest BCUT2D eigenvalue weighted by Crippen LogP contribution is 2.56. The predicted octanol–water partition coefficient (Wildman–Crippen LogP) is 8.88. The van der Waals surface area contributed by atoms with Crippen LogP contribution in [-0.2, 0) is 5.41 Å². The highest BCUT2D eigenvalue weighted by molar-refractivity contribution is 5.88. The van der Waals surface area contributed by atoms with Crippen molar-refractivity contribution in [3.63, 3.8) is 0 Å². The molecule has 5 aromatic carbocycles. The highest BCUT2D eigenvalue weighted by Gasteiger charge is 2.46. The van der Waals surface area contributed by atoms with Crippen LogP contribution in [0.3, 0.4) is 0 Å². The Morgan fingerprint density at radius 1 is 0.513 bits per heavy atom. The topological polar surface area (TPSA) is 16.1 Å². The zero-order valence-electron chi connectivity index (χ0n) is 21.8. The maximum Gasteiger partial charge on any atom is 0.0714 e. The van der Waals surface area contributed by atoms with E-state index in [-0.39, 0.29) is 0 Å². The quantitative estimate of drug-likeness (QED) is 0.235. The van der Waals surface area contributed by atoms with Gasteiger partial charge >= 0.3 is 0 Å². The summed E-state index contributed by atoms with van der Waals surface area (Å²) in [7, 11) is 2.15. The van der Waals surface area contributed by atoms with E-state index in [1.54, 1.807) is 0 Å². The fraction of sp³-hybridized carbons (Fsp3) is 0.0541. The first-order valence-corrected chi connectivity index (χ1v) is 13.4. The van der Waals surface area contributed by atoms with Gasteiger partial charge in [0.2, 0.25) is 0 Å². The summed E-state index contributed by atoms with van der Waals surface area (Å²) in [6, 6.07) is 52.4. The lowest BCUT2D eigenvalue weighted by Gasteiger charge is -2.34. The third-order valence-electron chi connectivity index (χ3n) is 8.04. The standard InChI is InChI=1S/C37H28N2/c1-39(30-21-19-27(20-22-30)36-18-10-11-25-38-36)31-23-24-33-32-16-8-9-17-34(32)37(35(33)26-31,28-12-4-2-5-13-28)29-14-6-3-7-15-29/h2-26H,1H3. The van der Waals surface area contributed by atoms with Gasteiger partial charge in [-0.25, -0.2) is 0 Å². The SMILES string of the molecule is CN(c1ccc(-c2ccccn2)cc1)c1ccc2c(c1)C(c1ccccc1)(c1ccccc1)c1ccccc1-2. The maximum absolute atomic E-state index is 4.50. The van der Waals surface area contributed by atoms with E-state index < -0.39 is 5.41 Å². The van der Waals surface area contributed by atoms with Crippen molar-refractivity contribution in [2.45, 2.75) is 5.41 Å². The predicted molar refractivity (Wildman–Crippen MR) is 161 cm³/mol. The molecule has 39 heavy (non-hydrogen) atoms. The molecule has 186 valence electrons. The van der Waals surface area contributed by atoms with Crippen LogP contribution in [0.2, 0.25) is 0 Å². The van der Waals surface area contributed by atoms with Crippen LogP contribution in [0.5, 0.6) is 0 Å². The van der Waals surface area contributed by atoms with E-state index in [2.05, 4.69) is 144 Å². The molecule has 0 bridgehead atoms. The molecule has 2 heteroatoms. The van der Waals surface area contributed by atoms with Gasteiger partial charge in [-0.05, 0) is 69.8 Å². The van der Waals surface area contributed by atoms with Gasteiger partial charge in [0, 0.05) is 30.2 Å². The monoisotopic (exact) mass is 500 g/mol. The fourth-order valence-corrected chi connectivity index (χ4v) is 6.18. The lowest BCUT2D eigenvalue weighted by molar-refractivity contribution is 0.768. The third-order valence-corrected chi connectivity index (χ3v) is 8.04. The molecule has 1 aliphatic rings. The fourth-order valence-electron chi connectivity index (χ4n) is 6.18. The van der Waals surface area contributed by atoms with E-state index in [4.69, 9.17) is 0 Å². The second-order valence-electron chi connectivity index (χ2n) is 10.1. The molecule has 0 radical (unpaired) electrons. The van der Waals surface area contributed by atoms with Crippen molar-refractivity contribution in [2.75, 3.05) is 11.9 Å². The Morgan fingerprint density at radius 3 is 1.77 bits per heavy atom. The molecule has 0 fully saturated rings. The number of anilines is 2. The molecule has 2 nitrogen and oxygen atoms in total. The van der Waals surface area contributed by atoms with Gasteiger partial charge in [-0.2, -0.15) is 0 Å². The van der Waals surface area contributed by atoms with E-state index in [1.165, 1.54) is 33.4 Å². The number of benzene rings is 5. The zero-order chi connectivity index (χ0) is 26.2. The maximum atomic E-state index is 4.50. The van der Waals surface area contributed by atoms with Gasteiger partial charge in [-0.3, -0.25) is 4.98 Å². The summed E-state index contributed by atoms with van der Waals surface area (Å²) in [5.74, 6) is 0. The second kappa shape index (κ2) is 9.41. The van der Waals surface area contributed by atoms with Crippen molar-refractivity contribution in [2.24, 2.45) is 0 Å². The van der Waals surface area contributed by atoms with E-state index in [9.17, 15) is 0 Å². The van der Waals surface area contributed by atoms with Crippen molar-refractivity contribution in [3.8, 4) is 22.4 Å². The van der Waals surface area contributed by atoms with Crippen molar-refractivity contribution < 1.29 is 0 Å². The van der Waals surface area contributed by atoms with Crippen LogP contribution in [0.25, 0.3) is 22.4 Å². The summed E-state index contributed by atoms with van der Waals surface area (Å²) in [6.07, 6.45) is 1.84. The number of fused-ring (bicyclic) bond motifs is 3. The van der Waals surface area contributed by atoms with Crippen LogP contribution in [0.1, 0.15) is 22.3 Å². The largest absolute Gasteiger partial charge is 0.345 e. The minimum absolute atomic E-state index is 0.395. The first kappa shape index (κ1) is 23.2. The van der Waals surface area contributed by atoms with Gasteiger partial charge in [0.05, 0.1) is 11.1 Å². The average molecular weight is 501 g/mol. The summed E-state index contributed by atoms with van der Waals surface area (Å²) in [5, 5.41) is 0. The molecule has 0 N–H and O–H groups in total. The zero-order valence-corrected chi connectivity index (χ0v) is 21.8. The van der Waals surface area contributed by atoms with Crippen LogP contribution in [0.4, 0.5) is 11.4 Å². The molecule has 6 aromatic rings. The number of pyridine rings is 1. The minimum Gasteiger partial charge on any atom is -0.345 e. The van der Waals surface area contributed by atoms with Crippen molar-refractivity contribution in [1.29, 1.82) is 0 Å². The first-order chi connectivity index (χ1) is 19.3. The highest BCUT2D eigenvalue weighted by atomic mass is 15.1. The van der Waals surface area contributed by atoms with Gasteiger partial charge in [0.1, 0.15) is 0 Å². The number of nitrogens with zero attached hydrogens (tertiary/aromatic N) is 2. The van der Waals surface area contributed by atoms with Crippen LogP contribution in [0.15, 0.2) is 152 Å². The lowest BCUT2D eigenvalue weighted by atomic mass is 9.67. The van der Waals surface area contributed by atoms with Gasteiger partial charge in [0.25, 0.3) is 0 Å². The first-order valence-electron chi connectivity index (χ1n) is 13.4. The van der Waals surface area contributed by atoms with Gasteiger partial charge < -0.3 is 4.90 Å². The van der Waals surface area contributed by atoms with Gasteiger partial charge in [-0.15, -0.1) is 0 Å². The minimum atomic E-state index is -0.395. The average Bonchev–Trinajstić information content (AvgIpc) is 3.32. The molecule has 0 saturated carbocycles. The van der Waals surface area contributed by atoms with Crippen molar-refractivity contribution >= 4 is 11.4 Å². The van der Waals surface area contributed by atoms with E-state index in [0.717, 1.165) is 22.6 Å². The number of hydrogen-bond acceptors (Lipinski definition) is 2. The van der Waals surface area contributed by atoms with Gasteiger partial charge in [-0.1, -0.05) is 109 Å². The third kappa shape index (κ3) is 3.68. The molecule has 0 unspecified atom stereocenters. The Labute approximate surface area is 229 Å². The number of rotatable bonds is 5. The lowest BCUT2D eigenvalue weighted by Crippen LogP contribution is -2.28. The molecule has 0 spiro atoms. The molecule has 1 heterocycles. The summed E-state index contributed by atoms with van der Waals surface area (Å²) >= 11 is 0.